The standard InChI is InChI=1S/C19H18ClN5O/c1-12-9-15(17(26-2)10-14(12)20)22-19-23-18(11-21-24-19)25-8-7-13-5-3-4-6-16(13)25/h3-6,9-11H,7-8H2,1-2H3,(H,22,23,24). The molecule has 0 unspecified atom stereocenters. The molecule has 2 aromatic carbocycles. The monoisotopic (exact) mass is 367 g/mol. The molecular formula is C19H18ClN5O. The number of aromatic nitrogens is 3. The first-order chi connectivity index (χ1) is 12.7. The summed E-state index contributed by atoms with van der Waals surface area (Å²) in [6, 6.07) is 12.0. The fourth-order valence-corrected chi connectivity index (χ4v) is 3.26. The molecule has 6 nitrogen and oxygen atoms in total. The molecule has 1 N–H and O–H groups in total. The summed E-state index contributed by atoms with van der Waals surface area (Å²) in [6.45, 7) is 2.81. The minimum atomic E-state index is 0.409. The quantitative estimate of drug-likeness (QED) is 0.742. The van der Waals surface area contributed by atoms with Crippen molar-refractivity contribution in [1.82, 2.24) is 15.2 Å². The lowest BCUT2D eigenvalue weighted by molar-refractivity contribution is 0.416. The van der Waals surface area contributed by atoms with Gasteiger partial charge in [0.1, 0.15) is 5.75 Å². The maximum Gasteiger partial charge on any atom is 0.249 e. The molecule has 7 heteroatoms. The predicted molar refractivity (Wildman–Crippen MR) is 103 cm³/mol. The number of hydrogen-bond acceptors (Lipinski definition) is 6. The Bertz CT molecular complexity index is 962. The van der Waals surface area contributed by atoms with Crippen LogP contribution in [-0.4, -0.2) is 28.8 Å². The van der Waals surface area contributed by atoms with E-state index in [2.05, 4.69) is 43.6 Å². The van der Waals surface area contributed by atoms with Crippen molar-refractivity contribution in [2.45, 2.75) is 13.3 Å². The van der Waals surface area contributed by atoms with Crippen LogP contribution in [0.5, 0.6) is 5.75 Å². The van der Waals surface area contributed by atoms with Crippen LogP contribution in [0.3, 0.4) is 0 Å². The highest BCUT2D eigenvalue weighted by Gasteiger charge is 2.21. The Morgan fingerprint density at radius 1 is 1.23 bits per heavy atom. The topological polar surface area (TPSA) is 63.2 Å². The van der Waals surface area contributed by atoms with Crippen LogP contribution in [0.4, 0.5) is 23.1 Å². The van der Waals surface area contributed by atoms with E-state index in [9.17, 15) is 0 Å². The number of nitrogens with one attached hydrogen (secondary N) is 1. The normalized spacial score (nSPS) is 12.8. The van der Waals surface area contributed by atoms with E-state index in [4.69, 9.17) is 16.3 Å². The van der Waals surface area contributed by atoms with Crippen molar-refractivity contribution in [3.63, 3.8) is 0 Å². The van der Waals surface area contributed by atoms with Gasteiger partial charge < -0.3 is 15.0 Å². The van der Waals surface area contributed by atoms with E-state index in [1.165, 1.54) is 11.3 Å². The fourth-order valence-electron chi connectivity index (χ4n) is 3.10. The number of hydrogen-bond donors (Lipinski definition) is 1. The van der Waals surface area contributed by atoms with Gasteiger partial charge in [0.15, 0.2) is 5.82 Å². The molecule has 132 valence electrons. The number of anilines is 4. The molecule has 0 amide bonds. The molecule has 1 aliphatic rings. The second-order valence-electron chi connectivity index (χ2n) is 6.10. The van der Waals surface area contributed by atoms with Gasteiger partial charge in [0.25, 0.3) is 0 Å². The lowest BCUT2D eigenvalue weighted by Crippen LogP contribution is -2.16. The molecule has 0 aliphatic carbocycles. The van der Waals surface area contributed by atoms with Gasteiger partial charge in [-0.25, -0.2) is 0 Å². The van der Waals surface area contributed by atoms with Gasteiger partial charge >= 0.3 is 0 Å². The van der Waals surface area contributed by atoms with E-state index in [1.54, 1.807) is 19.4 Å². The Kier molecular flexibility index (Phi) is 4.34. The zero-order chi connectivity index (χ0) is 18.1. The maximum atomic E-state index is 6.17. The zero-order valence-corrected chi connectivity index (χ0v) is 15.3. The second kappa shape index (κ2) is 6.80. The van der Waals surface area contributed by atoms with Crippen molar-refractivity contribution in [1.29, 1.82) is 0 Å². The van der Waals surface area contributed by atoms with Gasteiger partial charge in [0.05, 0.1) is 19.0 Å². The molecule has 0 saturated carbocycles. The van der Waals surface area contributed by atoms with Gasteiger partial charge in [-0.05, 0) is 36.6 Å². The molecule has 26 heavy (non-hydrogen) atoms. The van der Waals surface area contributed by atoms with Crippen LogP contribution in [0.15, 0.2) is 42.6 Å². The van der Waals surface area contributed by atoms with E-state index in [1.807, 2.05) is 19.1 Å². The average Bonchev–Trinajstić information content (AvgIpc) is 3.09. The van der Waals surface area contributed by atoms with Gasteiger partial charge in [0.2, 0.25) is 5.95 Å². The van der Waals surface area contributed by atoms with Crippen LogP contribution in [-0.2, 0) is 6.42 Å². The molecule has 4 rings (SSSR count). The molecule has 2 heterocycles. The molecule has 1 aromatic heterocycles. The number of rotatable bonds is 4. The average molecular weight is 368 g/mol. The highest BCUT2D eigenvalue weighted by molar-refractivity contribution is 6.31. The third-order valence-corrected chi connectivity index (χ3v) is 4.84. The molecule has 0 bridgehead atoms. The molecule has 0 spiro atoms. The summed E-state index contributed by atoms with van der Waals surface area (Å²) in [5.74, 6) is 1.80. The van der Waals surface area contributed by atoms with E-state index >= 15 is 0 Å². The molecule has 1 aliphatic heterocycles. The Morgan fingerprint density at radius 3 is 2.92 bits per heavy atom. The number of aryl methyl sites for hydroxylation is 1. The van der Waals surface area contributed by atoms with E-state index in [-0.39, 0.29) is 0 Å². The first kappa shape index (κ1) is 16.6. The maximum absolute atomic E-state index is 6.17. The van der Waals surface area contributed by atoms with Gasteiger partial charge in [-0.3, -0.25) is 0 Å². The number of halogens is 1. The van der Waals surface area contributed by atoms with E-state index < -0.39 is 0 Å². The molecule has 3 aromatic rings. The van der Waals surface area contributed by atoms with Crippen molar-refractivity contribution < 1.29 is 4.74 Å². The molecule has 0 radical (unpaired) electrons. The highest BCUT2D eigenvalue weighted by atomic mass is 35.5. The van der Waals surface area contributed by atoms with Crippen molar-refractivity contribution in [3.05, 3.63) is 58.7 Å². The Labute approximate surface area is 156 Å². The Balaban J connectivity index is 1.65. The number of para-hydroxylation sites is 1. The smallest absolute Gasteiger partial charge is 0.249 e. The number of nitrogens with zero attached hydrogens (tertiary/aromatic N) is 4. The SMILES string of the molecule is COc1cc(Cl)c(C)cc1Nc1nncc(N2CCc3ccccc32)n1. The summed E-state index contributed by atoms with van der Waals surface area (Å²) in [6.07, 6.45) is 2.67. The number of ether oxygens (including phenoxy) is 1. The predicted octanol–water partition coefficient (Wildman–Crippen LogP) is 4.28. The third kappa shape index (κ3) is 3.04. The van der Waals surface area contributed by atoms with Crippen molar-refractivity contribution >= 4 is 34.7 Å². The van der Waals surface area contributed by atoms with Crippen molar-refractivity contribution in [2.75, 3.05) is 23.9 Å². The number of methoxy groups -OCH3 is 1. The van der Waals surface area contributed by atoms with E-state index in [0.29, 0.717) is 16.7 Å². The van der Waals surface area contributed by atoms with Gasteiger partial charge in [-0.1, -0.05) is 29.8 Å². The summed E-state index contributed by atoms with van der Waals surface area (Å²) in [5, 5.41) is 12.0. The second-order valence-corrected chi connectivity index (χ2v) is 6.50. The lowest BCUT2D eigenvalue weighted by atomic mass is 10.2. The third-order valence-electron chi connectivity index (χ3n) is 4.44. The largest absolute Gasteiger partial charge is 0.495 e. The first-order valence-electron chi connectivity index (χ1n) is 8.32. The molecule has 0 saturated heterocycles. The fraction of sp³-hybridized carbons (Fsp3) is 0.211. The first-order valence-corrected chi connectivity index (χ1v) is 8.70. The summed E-state index contributed by atoms with van der Waals surface area (Å²) >= 11 is 6.17. The lowest BCUT2D eigenvalue weighted by Gasteiger charge is -2.18. The van der Waals surface area contributed by atoms with Crippen LogP contribution < -0.4 is 15.0 Å². The Morgan fingerprint density at radius 2 is 2.08 bits per heavy atom. The zero-order valence-electron chi connectivity index (χ0n) is 14.5. The van der Waals surface area contributed by atoms with Crippen LogP contribution >= 0.6 is 11.6 Å². The minimum Gasteiger partial charge on any atom is -0.495 e. The summed E-state index contributed by atoms with van der Waals surface area (Å²) < 4.78 is 5.40. The van der Waals surface area contributed by atoms with Gasteiger partial charge in [-0.15, -0.1) is 5.10 Å². The van der Waals surface area contributed by atoms with Crippen LogP contribution in [0.2, 0.25) is 5.02 Å². The van der Waals surface area contributed by atoms with Gasteiger partial charge in [-0.2, -0.15) is 10.1 Å². The van der Waals surface area contributed by atoms with Crippen molar-refractivity contribution in [2.24, 2.45) is 0 Å². The minimum absolute atomic E-state index is 0.409. The summed E-state index contributed by atoms with van der Waals surface area (Å²) in [4.78, 5) is 6.78. The summed E-state index contributed by atoms with van der Waals surface area (Å²) in [7, 11) is 1.60. The Hall–Kier alpha value is -2.86. The molecular weight excluding hydrogens is 350 g/mol. The molecule has 0 atom stereocenters. The number of fused-ring (bicyclic) bond motifs is 1. The van der Waals surface area contributed by atoms with Crippen LogP contribution in [0.25, 0.3) is 0 Å². The van der Waals surface area contributed by atoms with E-state index in [0.717, 1.165) is 30.0 Å². The highest BCUT2D eigenvalue weighted by Crippen LogP contribution is 2.35. The van der Waals surface area contributed by atoms with Crippen LogP contribution in [0, 0.1) is 6.92 Å². The van der Waals surface area contributed by atoms with Crippen LogP contribution in [0.1, 0.15) is 11.1 Å². The van der Waals surface area contributed by atoms with Crippen molar-refractivity contribution in [3.8, 4) is 5.75 Å². The molecule has 0 fully saturated rings. The summed E-state index contributed by atoms with van der Waals surface area (Å²) in [5.41, 5.74) is 4.16. The number of benzene rings is 2. The van der Waals surface area contributed by atoms with Gasteiger partial charge in [0, 0.05) is 23.3 Å².